The van der Waals surface area contributed by atoms with E-state index in [2.05, 4.69) is 39.8 Å². The Morgan fingerprint density at radius 1 is 1.31 bits per heavy atom. The number of pyridine rings is 1. The van der Waals surface area contributed by atoms with Crippen LogP contribution in [0.3, 0.4) is 0 Å². The maximum Gasteiger partial charge on any atom is 0.253 e. The molecule has 5 rings (SSSR count). The minimum atomic E-state index is -0.161. The Labute approximate surface area is 171 Å². The molecule has 0 radical (unpaired) electrons. The van der Waals surface area contributed by atoms with E-state index < -0.39 is 0 Å². The predicted molar refractivity (Wildman–Crippen MR) is 110 cm³/mol. The largest absolute Gasteiger partial charge is 0.370 e. The SMILES string of the molecule is CCCc1cc(CNC(=O)c2ccc(NC[C@@H]3C[C@@H]4C=C[C@@H]3C43CC3)nc2)on1. The molecule has 0 unspecified atom stereocenters. The van der Waals surface area contributed by atoms with E-state index in [1.165, 1.54) is 19.3 Å². The van der Waals surface area contributed by atoms with Gasteiger partial charge in [-0.05, 0) is 61.0 Å². The van der Waals surface area contributed by atoms with E-state index in [1.54, 1.807) is 6.20 Å². The van der Waals surface area contributed by atoms with Crippen LogP contribution in [0.1, 0.15) is 54.4 Å². The molecule has 1 spiro atoms. The summed E-state index contributed by atoms with van der Waals surface area (Å²) in [4.78, 5) is 16.8. The number of allylic oxidation sites excluding steroid dienone is 2. The lowest BCUT2D eigenvalue weighted by molar-refractivity contribution is 0.0946. The highest BCUT2D eigenvalue weighted by Crippen LogP contribution is 2.70. The fourth-order valence-corrected chi connectivity index (χ4v) is 5.31. The molecule has 2 N–H and O–H groups in total. The number of rotatable bonds is 8. The van der Waals surface area contributed by atoms with Crippen molar-refractivity contribution in [3.63, 3.8) is 0 Å². The molecule has 2 saturated carbocycles. The van der Waals surface area contributed by atoms with Gasteiger partial charge in [0.15, 0.2) is 5.76 Å². The summed E-state index contributed by atoms with van der Waals surface area (Å²) < 4.78 is 5.25. The molecule has 2 fully saturated rings. The number of nitrogens with one attached hydrogen (secondary N) is 2. The minimum Gasteiger partial charge on any atom is -0.370 e. The van der Waals surface area contributed by atoms with Gasteiger partial charge < -0.3 is 15.2 Å². The molecule has 152 valence electrons. The standard InChI is InChI=1S/C23H28N4O2/c1-2-3-18-11-19(29-27-18)14-26-22(28)15-4-7-21(24-12-15)25-13-16-10-17-5-6-20(16)23(17)8-9-23/h4-7,11-12,16-17,20H,2-3,8-10,13-14H2,1H3,(H,24,25)(H,26,28)/t16-,17-,20-/m0/s1. The first-order valence-corrected chi connectivity index (χ1v) is 10.8. The van der Waals surface area contributed by atoms with Crippen molar-refractivity contribution in [2.24, 2.45) is 23.2 Å². The molecule has 0 aromatic carbocycles. The number of anilines is 1. The van der Waals surface area contributed by atoms with Gasteiger partial charge in [-0.15, -0.1) is 0 Å². The van der Waals surface area contributed by atoms with Gasteiger partial charge >= 0.3 is 0 Å². The zero-order valence-electron chi connectivity index (χ0n) is 16.9. The molecule has 6 heteroatoms. The Morgan fingerprint density at radius 2 is 2.21 bits per heavy atom. The molecule has 3 aliphatic rings. The van der Waals surface area contributed by atoms with Gasteiger partial charge in [-0.1, -0.05) is 30.7 Å². The number of hydrogen-bond acceptors (Lipinski definition) is 5. The normalized spacial score (nSPS) is 25.5. The second-order valence-corrected chi connectivity index (χ2v) is 8.78. The molecule has 3 aliphatic carbocycles. The summed E-state index contributed by atoms with van der Waals surface area (Å²) in [6, 6.07) is 5.60. The van der Waals surface area contributed by atoms with Crippen LogP contribution < -0.4 is 10.6 Å². The van der Waals surface area contributed by atoms with Crippen molar-refractivity contribution in [2.75, 3.05) is 11.9 Å². The molecular weight excluding hydrogens is 364 g/mol. The highest BCUT2D eigenvalue weighted by atomic mass is 16.5. The Balaban J connectivity index is 1.11. The second kappa shape index (κ2) is 7.32. The summed E-state index contributed by atoms with van der Waals surface area (Å²) >= 11 is 0. The highest BCUT2D eigenvalue weighted by Gasteiger charge is 2.62. The summed E-state index contributed by atoms with van der Waals surface area (Å²) in [5, 5.41) is 10.3. The monoisotopic (exact) mass is 392 g/mol. The van der Waals surface area contributed by atoms with Gasteiger partial charge in [0.1, 0.15) is 5.82 Å². The smallest absolute Gasteiger partial charge is 0.253 e. The average molecular weight is 393 g/mol. The molecule has 0 saturated heterocycles. The van der Waals surface area contributed by atoms with Crippen molar-refractivity contribution in [1.29, 1.82) is 0 Å². The number of aryl methyl sites for hydroxylation is 1. The molecular formula is C23H28N4O2. The van der Waals surface area contributed by atoms with Crippen molar-refractivity contribution in [2.45, 2.75) is 45.6 Å². The second-order valence-electron chi connectivity index (χ2n) is 8.78. The van der Waals surface area contributed by atoms with Crippen LogP contribution in [0, 0.1) is 23.2 Å². The van der Waals surface area contributed by atoms with Crippen LogP contribution in [0.4, 0.5) is 5.82 Å². The lowest BCUT2D eigenvalue weighted by Crippen LogP contribution is -2.23. The van der Waals surface area contributed by atoms with Crippen LogP contribution in [-0.4, -0.2) is 22.6 Å². The van der Waals surface area contributed by atoms with Gasteiger partial charge in [0, 0.05) is 18.8 Å². The molecule has 3 atom stereocenters. The Hall–Kier alpha value is -2.63. The van der Waals surface area contributed by atoms with Gasteiger partial charge in [-0.25, -0.2) is 4.98 Å². The van der Waals surface area contributed by atoms with E-state index in [-0.39, 0.29) is 5.91 Å². The maximum absolute atomic E-state index is 12.4. The fourth-order valence-electron chi connectivity index (χ4n) is 5.31. The zero-order chi connectivity index (χ0) is 19.8. The third-order valence-corrected chi connectivity index (χ3v) is 6.95. The van der Waals surface area contributed by atoms with E-state index in [4.69, 9.17) is 4.52 Å². The van der Waals surface area contributed by atoms with E-state index in [1.807, 2.05) is 18.2 Å². The first kappa shape index (κ1) is 18.4. The summed E-state index contributed by atoms with van der Waals surface area (Å²) in [7, 11) is 0. The third-order valence-electron chi connectivity index (χ3n) is 6.95. The molecule has 2 heterocycles. The summed E-state index contributed by atoms with van der Waals surface area (Å²) in [6.07, 6.45) is 12.5. The predicted octanol–water partition coefficient (Wildman–Crippen LogP) is 3.97. The van der Waals surface area contributed by atoms with Crippen LogP contribution in [0.5, 0.6) is 0 Å². The van der Waals surface area contributed by atoms with Gasteiger partial charge in [-0.2, -0.15) is 0 Å². The lowest BCUT2D eigenvalue weighted by Gasteiger charge is -2.20. The maximum atomic E-state index is 12.4. The summed E-state index contributed by atoms with van der Waals surface area (Å²) in [5.74, 6) is 3.60. The topological polar surface area (TPSA) is 80.0 Å². The highest BCUT2D eigenvalue weighted by molar-refractivity contribution is 5.93. The van der Waals surface area contributed by atoms with Crippen molar-refractivity contribution in [1.82, 2.24) is 15.5 Å². The van der Waals surface area contributed by atoms with Crippen LogP contribution in [0.25, 0.3) is 0 Å². The molecule has 6 nitrogen and oxygen atoms in total. The van der Waals surface area contributed by atoms with E-state index in [0.717, 1.165) is 42.7 Å². The first-order chi connectivity index (χ1) is 14.2. The molecule has 2 aromatic rings. The van der Waals surface area contributed by atoms with Gasteiger partial charge in [0.25, 0.3) is 5.91 Å². The number of carbonyl (C=O) groups is 1. The van der Waals surface area contributed by atoms with Crippen LogP contribution in [-0.2, 0) is 13.0 Å². The lowest BCUT2D eigenvalue weighted by atomic mass is 9.89. The Bertz CT molecular complexity index is 913. The fraction of sp³-hybridized carbons (Fsp3) is 0.522. The number of aromatic nitrogens is 2. The van der Waals surface area contributed by atoms with Crippen LogP contribution in [0.15, 0.2) is 41.1 Å². The van der Waals surface area contributed by atoms with Crippen molar-refractivity contribution in [3.8, 4) is 0 Å². The summed E-state index contributed by atoms with van der Waals surface area (Å²) in [5.41, 5.74) is 2.10. The summed E-state index contributed by atoms with van der Waals surface area (Å²) in [6.45, 7) is 3.38. The molecule has 29 heavy (non-hydrogen) atoms. The van der Waals surface area contributed by atoms with E-state index >= 15 is 0 Å². The Kier molecular flexibility index (Phi) is 4.64. The van der Waals surface area contributed by atoms with Crippen LogP contribution in [0.2, 0.25) is 0 Å². The van der Waals surface area contributed by atoms with Gasteiger partial charge in [0.2, 0.25) is 0 Å². The first-order valence-electron chi connectivity index (χ1n) is 10.8. The van der Waals surface area contributed by atoms with Crippen molar-refractivity contribution >= 4 is 11.7 Å². The van der Waals surface area contributed by atoms with E-state index in [9.17, 15) is 4.79 Å². The van der Waals surface area contributed by atoms with Crippen LogP contribution >= 0.6 is 0 Å². The molecule has 1 amide bonds. The molecule has 2 aromatic heterocycles. The van der Waals surface area contributed by atoms with Gasteiger partial charge in [-0.3, -0.25) is 4.79 Å². The average Bonchev–Trinajstić information content (AvgIpc) is 3.19. The number of amides is 1. The van der Waals surface area contributed by atoms with E-state index in [0.29, 0.717) is 29.2 Å². The third kappa shape index (κ3) is 3.45. The molecule has 0 aliphatic heterocycles. The van der Waals surface area contributed by atoms with Crippen molar-refractivity contribution in [3.05, 3.63) is 53.6 Å². The Morgan fingerprint density at radius 3 is 2.93 bits per heavy atom. The number of hydrogen-bond donors (Lipinski definition) is 2. The quantitative estimate of drug-likeness (QED) is 0.665. The number of carbonyl (C=O) groups excluding carboxylic acids is 1. The molecule has 2 bridgehead atoms. The minimum absolute atomic E-state index is 0.161. The zero-order valence-corrected chi connectivity index (χ0v) is 16.9. The van der Waals surface area contributed by atoms with Crippen molar-refractivity contribution < 1.29 is 9.32 Å². The number of nitrogens with zero attached hydrogens (tertiary/aromatic N) is 2. The van der Waals surface area contributed by atoms with Gasteiger partial charge in [0.05, 0.1) is 17.8 Å².